The third-order valence-corrected chi connectivity index (χ3v) is 12.3. The molecular weight excluding hydrogens is 777 g/mol. The Balaban J connectivity index is 0.901. The first-order valence-electron chi connectivity index (χ1n) is 22.2. The van der Waals surface area contributed by atoms with E-state index in [0.29, 0.717) is 25.0 Å². The van der Waals surface area contributed by atoms with Gasteiger partial charge in [-0.3, -0.25) is 9.59 Å². The van der Waals surface area contributed by atoms with Crippen molar-refractivity contribution in [3.63, 3.8) is 0 Å². The quantitative estimate of drug-likeness (QED) is 0.0787. The van der Waals surface area contributed by atoms with Crippen LogP contribution in [0.25, 0.3) is 33.6 Å². The number of benzene rings is 2. The summed E-state index contributed by atoms with van der Waals surface area (Å²) in [7, 11) is 0. The van der Waals surface area contributed by atoms with Gasteiger partial charge in [0, 0.05) is 37.9 Å². The lowest BCUT2D eigenvalue weighted by molar-refractivity contribution is -0.134. The summed E-state index contributed by atoms with van der Waals surface area (Å²) in [5.41, 5.74) is 8.17. The van der Waals surface area contributed by atoms with E-state index in [0.717, 1.165) is 94.9 Å². The highest BCUT2D eigenvalue weighted by molar-refractivity contribution is 5.86. The summed E-state index contributed by atoms with van der Waals surface area (Å²) in [6, 6.07) is 15.7. The summed E-state index contributed by atoms with van der Waals surface area (Å²) < 4.78 is 0. The summed E-state index contributed by atoms with van der Waals surface area (Å²) in [5.74, 6) is 2.69. The molecule has 2 fully saturated rings. The minimum atomic E-state index is -0.451. The Morgan fingerprint density at radius 1 is 0.565 bits per heavy atom. The largest absolute Gasteiger partial charge is 0.342 e. The van der Waals surface area contributed by atoms with Crippen molar-refractivity contribution < 1.29 is 9.59 Å². The van der Waals surface area contributed by atoms with Gasteiger partial charge in [0.15, 0.2) is 0 Å². The normalized spacial score (nSPS) is 17.5. The fourth-order valence-electron chi connectivity index (χ4n) is 8.51. The molecular formula is C48H58N12O2. The molecule has 4 N–H and O–H groups in total. The molecule has 0 aliphatic carbocycles. The smallest absolute Gasteiger partial charge is 0.246 e. The monoisotopic (exact) mass is 834 g/mol. The van der Waals surface area contributed by atoms with Crippen LogP contribution in [0.4, 0.5) is 11.9 Å². The minimum absolute atomic E-state index is 0.0354. The van der Waals surface area contributed by atoms with Crippen molar-refractivity contribution in [3.05, 3.63) is 108 Å². The van der Waals surface area contributed by atoms with Crippen LogP contribution < -0.4 is 10.6 Å². The first kappa shape index (κ1) is 42.3. The fourth-order valence-corrected chi connectivity index (χ4v) is 8.51. The summed E-state index contributed by atoms with van der Waals surface area (Å²) in [5, 5.41) is 6.61. The van der Waals surface area contributed by atoms with E-state index in [9.17, 15) is 9.59 Å². The van der Waals surface area contributed by atoms with E-state index >= 15 is 0 Å². The molecule has 6 heterocycles. The molecule has 322 valence electrons. The van der Waals surface area contributed by atoms with Gasteiger partial charge in [0.1, 0.15) is 23.7 Å². The van der Waals surface area contributed by atoms with E-state index < -0.39 is 12.1 Å². The number of nitrogens with one attached hydrogen (secondary N) is 4. The lowest BCUT2D eigenvalue weighted by Gasteiger charge is -2.30. The number of aromatic nitrogens is 8. The molecule has 62 heavy (non-hydrogen) atoms. The molecule has 0 radical (unpaired) electrons. The Bertz CT molecular complexity index is 2250. The molecule has 2 aliphatic rings. The summed E-state index contributed by atoms with van der Waals surface area (Å²) >= 11 is 0. The van der Waals surface area contributed by atoms with Crippen LogP contribution in [0.3, 0.4) is 0 Å². The molecule has 0 saturated carbocycles. The summed E-state index contributed by atoms with van der Waals surface area (Å²) in [4.78, 5) is 66.3. The number of aryl methyl sites for hydroxylation is 2. The maximum absolute atomic E-state index is 14.0. The van der Waals surface area contributed by atoms with E-state index in [4.69, 9.17) is 9.97 Å². The number of carbonyl (C=O) groups excluding carboxylic acids is 2. The Kier molecular flexibility index (Phi) is 12.7. The van der Waals surface area contributed by atoms with E-state index in [2.05, 4.69) is 103 Å². The van der Waals surface area contributed by atoms with Crippen LogP contribution in [0.15, 0.2) is 85.7 Å². The van der Waals surface area contributed by atoms with Gasteiger partial charge in [-0.15, -0.1) is 0 Å². The van der Waals surface area contributed by atoms with Crippen LogP contribution in [0, 0.1) is 11.8 Å². The minimum Gasteiger partial charge on any atom is -0.342 e. The Morgan fingerprint density at radius 2 is 0.919 bits per heavy atom. The molecule has 2 aromatic carbocycles. The van der Waals surface area contributed by atoms with Gasteiger partial charge in [0.25, 0.3) is 0 Å². The maximum Gasteiger partial charge on any atom is 0.246 e. The molecule has 4 aromatic heterocycles. The molecule has 1 unspecified atom stereocenters. The molecule has 2 aliphatic heterocycles. The maximum atomic E-state index is 14.0. The topological polar surface area (TPSA) is 174 Å². The van der Waals surface area contributed by atoms with Crippen molar-refractivity contribution in [1.82, 2.24) is 49.7 Å². The van der Waals surface area contributed by atoms with Gasteiger partial charge < -0.3 is 30.4 Å². The second-order valence-corrected chi connectivity index (χ2v) is 17.2. The van der Waals surface area contributed by atoms with E-state index in [1.54, 1.807) is 0 Å². The second kappa shape index (κ2) is 18.7. The Morgan fingerprint density at radius 3 is 1.26 bits per heavy atom. The zero-order valence-electron chi connectivity index (χ0n) is 36.6. The average molecular weight is 835 g/mol. The first-order valence-corrected chi connectivity index (χ1v) is 22.2. The highest BCUT2D eigenvalue weighted by atomic mass is 16.2. The molecule has 0 spiro atoms. The molecule has 2 saturated heterocycles. The second-order valence-electron chi connectivity index (χ2n) is 17.2. The lowest BCUT2D eigenvalue weighted by Crippen LogP contribution is -2.45. The number of aromatic amines is 2. The average Bonchev–Trinajstić information content (AvgIpc) is 4.15. The van der Waals surface area contributed by atoms with Gasteiger partial charge in [-0.2, -0.15) is 0 Å². The Labute approximate surface area is 363 Å². The molecule has 8 rings (SSSR count). The van der Waals surface area contributed by atoms with Gasteiger partial charge in [-0.05, 0) is 83.7 Å². The van der Waals surface area contributed by atoms with Crippen LogP contribution in [-0.4, -0.2) is 86.7 Å². The van der Waals surface area contributed by atoms with Gasteiger partial charge in [-0.25, -0.2) is 29.9 Å². The van der Waals surface area contributed by atoms with E-state index in [1.165, 1.54) is 0 Å². The van der Waals surface area contributed by atoms with Crippen molar-refractivity contribution >= 4 is 23.7 Å². The first-order chi connectivity index (χ1) is 30.1. The SMILES string of the molecule is CCc1cnc(N[C@H](C(=O)N2CCCC2c2ncc(-c3ccc(-c4ccc(-c5cnc([C@@H]6CCCN6C(=O)[C@@H](Nc6ncc(CC)cn6)C(C)C)[nH]5)cc4)cc3)[nH]2)C(C)C)nc1. The third kappa shape index (κ3) is 9.09. The number of likely N-dealkylation sites (tertiary alicyclic amines) is 2. The summed E-state index contributed by atoms with van der Waals surface area (Å²) in [6.45, 7) is 13.7. The summed E-state index contributed by atoms with van der Waals surface area (Å²) in [6.07, 6.45) is 16.2. The van der Waals surface area contributed by atoms with Crippen molar-refractivity contribution in [2.24, 2.45) is 11.8 Å². The number of imidazole rings is 2. The van der Waals surface area contributed by atoms with Crippen LogP contribution in [0.1, 0.15) is 102 Å². The van der Waals surface area contributed by atoms with Crippen molar-refractivity contribution in [2.45, 2.75) is 104 Å². The number of hydrogen-bond donors (Lipinski definition) is 4. The van der Waals surface area contributed by atoms with Gasteiger partial charge in [0.05, 0.1) is 35.9 Å². The number of H-pyrrole nitrogens is 2. The van der Waals surface area contributed by atoms with Gasteiger partial charge in [-0.1, -0.05) is 90.1 Å². The van der Waals surface area contributed by atoms with E-state index in [-0.39, 0.29) is 35.7 Å². The lowest BCUT2D eigenvalue weighted by atomic mass is 10.0. The number of amides is 2. The molecule has 2 amide bonds. The number of carbonyl (C=O) groups is 2. The standard InChI is InChI=1S/C48H58N12O2/c1-7-31-23-51-47(52-24-31)57-41(29(3)4)45(61)59-21-9-11-39(59)43-49-27-37(55-43)35-17-13-33(14-18-35)34-15-19-36(20-16-34)38-28-50-44(56-38)40-12-10-22-60(40)46(62)42(30(5)6)58-48-53-25-32(8-2)26-54-48/h13-20,23-30,39-42H,7-12,21-22H2,1-6H3,(H,49,55)(H,50,56)(H,51,52,57)(H,53,54,58)/t39-,40?,41-,42-/m0/s1. The van der Waals surface area contributed by atoms with Crippen molar-refractivity contribution in [1.29, 1.82) is 0 Å². The van der Waals surface area contributed by atoms with E-state index in [1.807, 2.05) is 74.7 Å². The van der Waals surface area contributed by atoms with Crippen LogP contribution >= 0.6 is 0 Å². The van der Waals surface area contributed by atoms with Gasteiger partial charge >= 0.3 is 0 Å². The van der Waals surface area contributed by atoms with Crippen LogP contribution in [0.2, 0.25) is 0 Å². The third-order valence-electron chi connectivity index (χ3n) is 12.3. The fraction of sp³-hybridized carbons (Fsp3) is 0.417. The molecule has 0 bridgehead atoms. The number of nitrogens with zero attached hydrogens (tertiary/aromatic N) is 8. The Hall–Kier alpha value is -6.44. The van der Waals surface area contributed by atoms with Gasteiger partial charge in [0.2, 0.25) is 23.7 Å². The number of hydrogen-bond acceptors (Lipinski definition) is 10. The zero-order valence-corrected chi connectivity index (χ0v) is 36.6. The molecule has 4 atom stereocenters. The molecule has 14 heteroatoms. The number of rotatable bonds is 15. The zero-order chi connectivity index (χ0) is 43.3. The van der Waals surface area contributed by atoms with Crippen LogP contribution in [-0.2, 0) is 22.4 Å². The molecule has 6 aromatic rings. The van der Waals surface area contributed by atoms with Crippen LogP contribution in [0.5, 0.6) is 0 Å². The molecule has 14 nitrogen and oxygen atoms in total. The number of anilines is 2. The predicted octanol–water partition coefficient (Wildman–Crippen LogP) is 8.44. The van der Waals surface area contributed by atoms with Crippen molar-refractivity contribution in [2.75, 3.05) is 23.7 Å². The highest BCUT2D eigenvalue weighted by Crippen LogP contribution is 2.35. The highest BCUT2D eigenvalue weighted by Gasteiger charge is 2.38. The predicted molar refractivity (Wildman–Crippen MR) is 242 cm³/mol. The van der Waals surface area contributed by atoms with Crippen molar-refractivity contribution in [3.8, 4) is 33.6 Å².